The fourth-order valence-corrected chi connectivity index (χ4v) is 1.48. The molecule has 0 saturated carbocycles. The van der Waals surface area contributed by atoms with Crippen LogP contribution < -0.4 is 4.74 Å². The smallest absolute Gasteiger partial charge is 0.403 e. The molecule has 0 amide bonds. The lowest BCUT2D eigenvalue weighted by molar-refractivity contribution is -0.276. The molecule has 0 saturated heterocycles. The first-order chi connectivity index (χ1) is 9.08. The molecule has 10 heteroatoms. The third-order valence-electron chi connectivity index (χ3n) is 2.00. The number of aromatic nitrogens is 1. The summed E-state index contributed by atoms with van der Waals surface area (Å²) in [6.07, 6.45) is -11.2. The molecule has 0 bridgehead atoms. The molecule has 0 aromatic carbocycles. The number of ether oxygens (including phenoxy) is 1. The molecular formula is C10H5ClF6N2O. The molecule has 0 unspecified atom stereocenters. The third-order valence-corrected chi connectivity index (χ3v) is 2.28. The van der Waals surface area contributed by atoms with Gasteiger partial charge in [-0.2, -0.15) is 18.4 Å². The van der Waals surface area contributed by atoms with Crippen LogP contribution in [0.2, 0.25) is 0 Å². The van der Waals surface area contributed by atoms with E-state index < -0.39 is 41.8 Å². The van der Waals surface area contributed by atoms with Crippen molar-refractivity contribution >= 4 is 11.6 Å². The summed E-state index contributed by atoms with van der Waals surface area (Å²) in [5.74, 6) is -1.98. The van der Waals surface area contributed by atoms with Crippen LogP contribution in [0.4, 0.5) is 26.3 Å². The summed E-state index contributed by atoms with van der Waals surface area (Å²) in [5.41, 5.74) is -2.75. The lowest BCUT2D eigenvalue weighted by atomic mass is 10.1. The van der Waals surface area contributed by atoms with Crippen molar-refractivity contribution in [2.75, 3.05) is 0 Å². The predicted molar refractivity (Wildman–Crippen MR) is 54.8 cm³/mol. The molecular weight excluding hydrogens is 314 g/mol. The van der Waals surface area contributed by atoms with E-state index in [4.69, 9.17) is 16.9 Å². The molecule has 0 atom stereocenters. The number of nitriles is 1. The Hall–Kier alpha value is -1.69. The third kappa shape index (κ3) is 4.16. The average molecular weight is 319 g/mol. The van der Waals surface area contributed by atoms with Gasteiger partial charge in [-0.05, 0) is 6.07 Å². The van der Waals surface area contributed by atoms with E-state index in [2.05, 4.69) is 9.72 Å². The van der Waals surface area contributed by atoms with Crippen LogP contribution in [0.15, 0.2) is 6.07 Å². The molecule has 0 spiro atoms. The highest BCUT2D eigenvalue weighted by Crippen LogP contribution is 2.40. The molecule has 1 heterocycles. The highest BCUT2D eigenvalue weighted by atomic mass is 35.5. The minimum Gasteiger partial charge on any atom is -0.403 e. The normalized spacial score (nSPS) is 12.1. The molecule has 0 N–H and O–H groups in total. The van der Waals surface area contributed by atoms with Gasteiger partial charge in [0, 0.05) is 0 Å². The lowest BCUT2D eigenvalue weighted by Gasteiger charge is -2.18. The van der Waals surface area contributed by atoms with Gasteiger partial charge in [-0.3, -0.25) is 4.98 Å². The van der Waals surface area contributed by atoms with Crippen molar-refractivity contribution in [3.05, 3.63) is 23.0 Å². The Bertz CT molecular complexity index is 534. The number of hydrogen-bond acceptors (Lipinski definition) is 3. The first-order valence-corrected chi connectivity index (χ1v) is 5.40. The SMILES string of the molecule is N#CCc1nc(CCl)cc(C(F)(F)F)c1OC(F)(F)F. The van der Waals surface area contributed by atoms with Crippen molar-refractivity contribution in [3.8, 4) is 11.8 Å². The summed E-state index contributed by atoms with van der Waals surface area (Å²) in [7, 11) is 0. The summed E-state index contributed by atoms with van der Waals surface area (Å²) in [5, 5.41) is 8.46. The maximum atomic E-state index is 12.8. The van der Waals surface area contributed by atoms with Gasteiger partial charge in [0.15, 0.2) is 5.75 Å². The molecule has 20 heavy (non-hydrogen) atoms. The largest absolute Gasteiger partial charge is 0.573 e. The van der Waals surface area contributed by atoms with Gasteiger partial charge in [0.25, 0.3) is 0 Å². The number of rotatable bonds is 3. The summed E-state index contributed by atoms with van der Waals surface area (Å²) in [6.45, 7) is 0. The van der Waals surface area contributed by atoms with Crippen LogP contribution in [0.5, 0.6) is 5.75 Å². The Labute approximate surface area is 113 Å². The van der Waals surface area contributed by atoms with E-state index in [0.717, 1.165) is 0 Å². The van der Waals surface area contributed by atoms with Crippen LogP contribution in [0, 0.1) is 11.3 Å². The molecule has 1 rings (SSSR count). The standard InChI is InChI=1S/C10H5ClF6N2O/c11-4-5-3-6(9(12,13)14)8(20-10(15,16)17)7(19-5)1-2-18/h3H,1,4H2. The number of hydrogen-bond donors (Lipinski definition) is 0. The van der Waals surface area contributed by atoms with E-state index in [1.165, 1.54) is 6.07 Å². The monoisotopic (exact) mass is 318 g/mol. The van der Waals surface area contributed by atoms with Crippen molar-refractivity contribution < 1.29 is 31.1 Å². The van der Waals surface area contributed by atoms with Crippen molar-refractivity contribution in [3.63, 3.8) is 0 Å². The topological polar surface area (TPSA) is 45.9 Å². The Morgan fingerprint density at radius 3 is 2.25 bits per heavy atom. The molecule has 0 fully saturated rings. The van der Waals surface area contributed by atoms with Crippen LogP contribution in [0.25, 0.3) is 0 Å². The molecule has 1 aromatic rings. The second kappa shape index (κ2) is 5.75. The van der Waals surface area contributed by atoms with Crippen molar-refractivity contribution in [1.29, 1.82) is 5.26 Å². The van der Waals surface area contributed by atoms with E-state index in [1.54, 1.807) is 0 Å². The van der Waals surface area contributed by atoms with Crippen LogP contribution in [0.3, 0.4) is 0 Å². The number of nitrogens with zero attached hydrogens (tertiary/aromatic N) is 2. The zero-order chi connectivity index (χ0) is 15.6. The molecule has 110 valence electrons. The Morgan fingerprint density at radius 1 is 1.25 bits per heavy atom. The van der Waals surface area contributed by atoms with Gasteiger partial charge in [0.2, 0.25) is 0 Å². The zero-order valence-corrected chi connectivity index (χ0v) is 10.2. The first-order valence-electron chi connectivity index (χ1n) is 4.87. The Balaban J connectivity index is 3.52. The second-order valence-electron chi connectivity index (χ2n) is 3.45. The second-order valence-corrected chi connectivity index (χ2v) is 3.72. The van der Waals surface area contributed by atoms with E-state index in [0.29, 0.717) is 6.07 Å². The maximum Gasteiger partial charge on any atom is 0.573 e. The molecule has 0 aliphatic rings. The van der Waals surface area contributed by atoms with Crippen LogP contribution in [0.1, 0.15) is 17.0 Å². The molecule has 0 aliphatic heterocycles. The van der Waals surface area contributed by atoms with Gasteiger partial charge >= 0.3 is 12.5 Å². The fourth-order valence-electron chi connectivity index (χ4n) is 1.35. The number of pyridine rings is 1. The Kier molecular flexibility index (Phi) is 4.70. The van der Waals surface area contributed by atoms with Crippen molar-refractivity contribution in [1.82, 2.24) is 4.98 Å². The van der Waals surface area contributed by atoms with Gasteiger partial charge < -0.3 is 4.74 Å². The zero-order valence-electron chi connectivity index (χ0n) is 9.44. The highest BCUT2D eigenvalue weighted by Gasteiger charge is 2.41. The van der Waals surface area contributed by atoms with Gasteiger partial charge in [0.05, 0.1) is 29.8 Å². The highest BCUT2D eigenvalue weighted by molar-refractivity contribution is 6.16. The van der Waals surface area contributed by atoms with Gasteiger partial charge in [0.1, 0.15) is 5.56 Å². The fraction of sp³-hybridized carbons (Fsp3) is 0.400. The summed E-state index contributed by atoms with van der Waals surface area (Å²) < 4.78 is 78.2. The maximum absolute atomic E-state index is 12.8. The Morgan fingerprint density at radius 2 is 1.85 bits per heavy atom. The summed E-state index contributed by atoms with van der Waals surface area (Å²) >= 11 is 5.33. The predicted octanol–water partition coefficient (Wildman–Crippen LogP) is 3.80. The quantitative estimate of drug-likeness (QED) is 0.629. The van der Waals surface area contributed by atoms with Crippen molar-refractivity contribution in [2.45, 2.75) is 24.8 Å². The molecule has 3 nitrogen and oxygen atoms in total. The van der Waals surface area contributed by atoms with Crippen LogP contribution >= 0.6 is 11.6 Å². The first kappa shape index (κ1) is 16.4. The lowest BCUT2D eigenvalue weighted by Crippen LogP contribution is -2.22. The molecule has 1 aromatic heterocycles. The van der Waals surface area contributed by atoms with Crippen LogP contribution in [-0.4, -0.2) is 11.3 Å². The van der Waals surface area contributed by atoms with Gasteiger partial charge in [-0.25, -0.2) is 0 Å². The number of halogens is 7. The summed E-state index contributed by atoms with van der Waals surface area (Å²) in [6, 6.07) is 1.78. The summed E-state index contributed by atoms with van der Waals surface area (Å²) in [4.78, 5) is 3.46. The minimum absolute atomic E-state index is 0.307. The van der Waals surface area contributed by atoms with Crippen LogP contribution in [-0.2, 0) is 18.5 Å². The molecule has 0 aliphatic carbocycles. The van der Waals surface area contributed by atoms with Gasteiger partial charge in [-0.1, -0.05) is 0 Å². The average Bonchev–Trinajstić information content (AvgIpc) is 2.28. The van der Waals surface area contributed by atoms with Crippen molar-refractivity contribution in [2.24, 2.45) is 0 Å². The van der Waals surface area contributed by atoms with E-state index in [-0.39, 0.29) is 5.69 Å². The van der Waals surface area contributed by atoms with E-state index in [1.807, 2.05) is 0 Å². The number of alkyl halides is 7. The van der Waals surface area contributed by atoms with Gasteiger partial charge in [-0.15, -0.1) is 24.8 Å². The van der Waals surface area contributed by atoms with E-state index >= 15 is 0 Å². The van der Waals surface area contributed by atoms with E-state index in [9.17, 15) is 26.3 Å². The molecule has 0 radical (unpaired) electrons. The minimum atomic E-state index is -5.34.